The molecule has 0 aliphatic carbocycles. The van der Waals surface area contributed by atoms with E-state index in [-0.39, 0.29) is 17.9 Å². The van der Waals surface area contributed by atoms with Crippen molar-refractivity contribution in [2.24, 2.45) is 0 Å². The number of hydrogen-bond donors (Lipinski definition) is 2. The van der Waals surface area contributed by atoms with Crippen molar-refractivity contribution in [3.05, 3.63) is 87.7 Å². The molecule has 0 saturated carbocycles. The second-order valence-corrected chi connectivity index (χ2v) is 9.28. The molecule has 35 heavy (non-hydrogen) atoms. The number of likely N-dealkylation sites (tertiary alicyclic amines) is 1. The van der Waals surface area contributed by atoms with Crippen LogP contribution in [0.4, 0.5) is 10.2 Å². The number of rotatable bonds is 6. The molecule has 2 aliphatic rings. The van der Waals surface area contributed by atoms with Gasteiger partial charge in [-0.05, 0) is 49.2 Å². The lowest BCUT2D eigenvalue weighted by molar-refractivity contribution is 0.331. The maximum absolute atomic E-state index is 14.6. The summed E-state index contributed by atoms with van der Waals surface area (Å²) in [5, 5.41) is 4.88. The third-order valence-electron chi connectivity index (χ3n) is 7.04. The van der Waals surface area contributed by atoms with Gasteiger partial charge >= 0.3 is 0 Å². The highest BCUT2D eigenvalue weighted by Crippen LogP contribution is 2.33. The van der Waals surface area contributed by atoms with Crippen molar-refractivity contribution in [2.45, 2.75) is 32.4 Å². The molecule has 0 unspecified atom stereocenters. The molecule has 2 N–H and O–H groups in total. The van der Waals surface area contributed by atoms with E-state index < -0.39 is 0 Å². The van der Waals surface area contributed by atoms with Crippen molar-refractivity contribution >= 4 is 16.6 Å². The lowest BCUT2D eigenvalue weighted by Gasteiger charge is -2.16. The van der Waals surface area contributed by atoms with Crippen molar-refractivity contribution in [2.75, 3.05) is 25.0 Å². The number of H-pyrrole nitrogens is 1. The minimum Gasteiger partial charge on any atom is -0.493 e. The Balaban J connectivity index is 1.31. The van der Waals surface area contributed by atoms with Gasteiger partial charge in [0.1, 0.15) is 17.4 Å². The monoisotopic (exact) mass is 470 g/mol. The maximum Gasteiger partial charge on any atom is 0.248 e. The topological polar surface area (TPSA) is 70.2 Å². The zero-order valence-corrected chi connectivity index (χ0v) is 19.4. The molecule has 2 aromatic carbocycles. The Bertz CT molecular complexity index is 1440. The zero-order valence-electron chi connectivity index (χ0n) is 19.4. The summed E-state index contributed by atoms with van der Waals surface area (Å²) in [7, 11) is 0. The van der Waals surface area contributed by atoms with Crippen LogP contribution in [0.3, 0.4) is 0 Å². The minimum atomic E-state index is -0.259. The number of pyridine rings is 2. The van der Waals surface area contributed by atoms with Gasteiger partial charge in [0.2, 0.25) is 5.56 Å². The fourth-order valence-corrected chi connectivity index (χ4v) is 5.20. The van der Waals surface area contributed by atoms with E-state index in [2.05, 4.69) is 44.5 Å². The molecule has 6 nitrogen and oxygen atoms in total. The Morgan fingerprint density at radius 3 is 2.74 bits per heavy atom. The molecule has 0 bridgehead atoms. The third kappa shape index (κ3) is 4.28. The van der Waals surface area contributed by atoms with Gasteiger partial charge in [-0.25, -0.2) is 9.37 Å². The van der Waals surface area contributed by atoms with E-state index in [1.54, 1.807) is 24.5 Å². The van der Waals surface area contributed by atoms with Crippen molar-refractivity contribution in [1.82, 2.24) is 14.9 Å². The molecule has 4 heterocycles. The molecular formula is C28H27FN4O2. The summed E-state index contributed by atoms with van der Waals surface area (Å²) in [5.74, 6) is 1.08. The van der Waals surface area contributed by atoms with Crippen molar-refractivity contribution in [3.63, 3.8) is 0 Å². The SMILES string of the molecule is O=c1cc2c(-c3ccc(CN4CCCC4)cc3)cnc(NCc3c(F)ccc4c3CCO4)c2c[nH]1. The Hall–Kier alpha value is -3.71. The first-order chi connectivity index (χ1) is 17.2. The molecule has 7 heteroatoms. The molecule has 4 aromatic rings. The molecule has 1 fully saturated rings. The van der Waals surface area contributed by atoms with E-state index in [0.29, 0.717) is 24.4 Å². The molecule has 178 valence electrons. The molecule has 2 aromatic heterocycles. The highest BCUT2D eigenvalue weighted by atomic mass is 19.1. The second-order valence-electron chi connectivity index (χ2n) is 9.28. The lowest BCUT2D eigenvalue weighted by Crippen LogP contribution is -2.18. The molecule has 2 aliphatic heterocycles. The summed E-state index contributed by atoms with van der Waals surface area (Å²) in [6, 6.07) is 13.2. The largest absolute Gasteiger partial charge is 0.493 e. The fourth-order valence-electron chi connectivity index (χ4n) is 5.20. The van der Waals surface area contributed by atoms with Crippen molar-refractivity contribution < 1.29 is 9.13 Å². The van der Waals surface area contributed by atoms with Gasteiger partial charge in [-0.15, -0.1) is 0 Å². The minimum absolute atomic E-state index is 0.175. The van der Waals surface area contributed by atoms with Crippen LogP contribution in [0, 0.1) is 5.82 Å². The molecule has 0 amide bonds. The van der Waals surface area contributed by atoms with E-state index >= 15 is 0 Å². The Labute approximate surface area is 202 Å². The van der Waals surface area contributed by atoms with Gasteiger partial charge in [0.05, 0.1) is 6.61 Å². The predicted octanol–water partition coefficient (Wildman–Crippen LogP) is 4.87. The van der Waals surface area contributed by atoms with Crippen LogP contribution in [-0.2, 0) is 19.5 Å². The number of benzene rings is 2. The average Bonchev–Trinajstić information content (AvgIpc) is 3.56. The van der Waals surface area contributed by atoms with Crippen LogP contribution in [0.15, 0.2) is 59.7 Å². The predicted molar refractivity (Wildman–Crippen MR) is 135 cm³/mol. The summed E-state index contributed by atoms with van der Waals surface area (Å²) in [6.45, 7) is 4.14. The number of aromatic amines is 1. The molecule has 1 saturated heterocycles. The first-order valence-electron chi connectivity index (χ1n) is 12.2. The smallest absolute Gasteiger partial charge is 0.248 e. The quantitative estimate of drug-likeness (QED) is 0.421. The summed E-state index contributed by atoms with van der Waals surface area (Å²) < 4.78 is 20.2. The first kappa shape index (κ1) is 21.8. The number of nitrogens with zero attached hydrogens (tertiary/aromatic N) is 2. The molecule has 6 rings (SSSR count). The summed E-state index contributed by atoms with van der Waals surface area (Å²) in [4.78, 5) is 22.1. The Morgan fingerprint density at radius 1 is 1.09 bits per heavy atom. The second kappa shape index (κ2) is 9.15. The highest BCUT2D eigenvalue weighted by Gasteiger charge is 2.20. The first-order valence-corrected chi connectivity index (χ1v) is 12.2. The molecular weight excluding hydrogens is 443 g/mol. The molecule has 0 radical (unpaired) electrons. The number of anilines is 1. The summed E-state index contributed by atoms with van der Waals surface area (Å²) >= 11 is 0. The van der Waals surface area contributed by atoms with E-state index in [0.717, 1.165) is 52.8 Å². The Kier molecular flexibility index (Phi) is 5.70. The number of halogens is 1. The fraction of sp³-hybridized carbons (Fsp3) is 0.286. The van der Waals surface area contributed by atoms with Crippen molar-refractivity contribution in [3.8, 4) is 16.9 Å². The molecule has 0 spiro atoms. The van der Waals surface area contributed by atoms with E-state index in [9.17, 15) is 9.18 Å². The van der Waals surface area contributed by atoms with Crippen molar-refractivity contribution in [1.29, 1.82) is 0 Å². The van der Waals surface area contributed by atoms with Crippen LogP contribution in [0.25, 0.3) is 21.9 Å². The standard InChI is InChI=1S/C28H27FN4O2/c29-25-7-8-26-20(9-12-35-26)23(25)15-32-28-24-16-30-27(34)13-21(24)22(14-31-28)19-5-3-18(4-6-19)17-33-10-1-2-11-33/h3-8,13-14,16H,1-2,9-12,15,17H2,(H,30,34)(H,31,32). The number of aromatic nitrogens is 2. The number of hydrogen-bond acceptors (Lipinski definition) is 5. The average molecular weight is 471 g/mol. The zero-order chi connectivity index (χ0) is 23.8. The van der Waals surface area contributed by atoms with Gasteiger partial charge in [-0.2, -0.15) is 0 Å². The van der Waals surface area contributed by atoms with Gasteiger partial charge in [-0.3, -0.25) is 9.69 Å². The molecule has 0 atom stereocenters. The normalized spacial score (nSPS) is 15.3. The van der Waals surface area contributed by atoms with Crippen LogP contribution in [0.1, 0.15) is 29.5 Å². The Morgan fingerprint density at radius 2 is 1.91 bits per heavy atom. The van der Waals surface area contributed by atoms with Crippen LogP contribution in [-0.4, -0.2) is 34.6 Å². The van der Waals surface area contributed by atoms with Crippen LogP contribution in [0.2, 0.25) is 0 Å². The third-order valence-corrected chi connectivity index (χ3v) is 7.04. The number of fused-ring (bicyclic) bond motifs is 2. The van der Waals surface area contributed by atoms with Gasteiger partial charge in [-0.1, -0.05) is 24.3 Å². The van der Waals surface area contributed by atoms with Crippen LogP contribution >= 0.6 is 0 Å². The van der Waals surface area contributed by atoms with Gasteiger partial charge in [0.25, 0.3) is 0 Å². The van der Waals surface area contributed by atoms with Gasteiger partial charge in [0.15, 0.2) is 0 Å². The lowest BCUT2D eigenvalue weighted by atomic mass is 10.00. The van der Waals surface area contributed by atoms with E-state index in [4.69, 9.17) is 4.74 Å². The maximum atomic E-state index is 14.6. The van der Waals surface area contributed by atoms with Crippen LogP contribution in [0.5, 0.6) is 5.75 Å². The van der Waals surface area contributed by atoms with Gasteiger partial charge in [0, 0.05) is 65.4 Å². The highest BCUT2D eigenvalue weighted by molar-refractivity contribution is 6.01. The van der Waals surface area contributed by atoms with Gasteiger partial charge < -0.3 is 15.0 Å². The number of ether oxygens (including phenoxy) is 1. The van der Waals surface area contributed by atoms with E-state index in [1.165, 1.54) is 24.5 Å². The summed E-state index contributed by atoms with van der Waals surface area (Å²) in [6.07, 6.45) is 6.70. The van der Waals surface area contributed by atoms with Crippen LogP contribution < -0.4 is 15.6 Å². The summed E-state index contributed by atoms with van der Waals surface area (Å²) in [5.41, 5.74) is 4.51. The van der Waals surface area contributed by atoms with E-state index in [1.807, 2.05) is 0 Å². The number of nitrogens with one attached hydrogen (secondary N) is 2.